The summed E-state index contributed by atoms with van der Waals surface area (Å²) < 4.78 is 44.2. The third-order valence-electron chi connectivity index (χ3n) is 2.92. The van der Waals surface area contributed by atoms with Gasteiger partial charge in [-0.2, -0.15) is 13.2 Å². The van der Waals surface area contributed by atoms with Crippen molar-refractivity contribution < 1.29 is 37.2 Å². The molecule has 0 spiro atoms. The van der Waals surface area contributed by atoms with Gasteiger partial charge in [0.1, 0.15) is 11.8 Å². The molecule has 0 bridgehead atoms. The molecule has 0 aromatic heterocycles. The van der Waals surface area contributed by atoms with Crippen LogP contribution in [0.25, 0.3) is 0 Å². The number of benzene rings is 1. The molecule has 2 rings (SSSR count). The summed E-state index contributed by atoms with van der Waals surface area (Å²) in [6.45, 7) is 0. The summed E-state index contributed by atoms with van der Waals surface area (Å²) in [5, 5.41) is 8.78. The van der Waals surface area contributed by atoms with Crippen LogP contribution in [0.1, 0.15) is 17.9 Å². The van der Waals surface area contributed by atoms with Gasteiger partial charge in [0.15, 0.2) is 0 Å². The average molecular weight is 335 g/mol. The summed E-state index contributed by atoms with van der Waals surface area (Å²) in [6, 6.07) is 6.18. The molecule has 1 fully saturated rings. The minimum Gasteiger partial charge on any atom is -0.542 e. The summed E-state index contributed by atoms with van der Waals surface area (Å²) in [5.41, 5.74) is 11.3. The quantitative estimate of drug-likeness (QED) is 0.331. The first kappa shape index (κ1) is 18.4. The van der Waals surface area contributed by atoms with Crippen molar-refractivity contribution in [2.24, 2.45) is 17.4 Å². The van der Waals surface area contributed by atoms with Crippen LogP contribution in [0.15, 0.2) is 24.3 Å². The van der Waals surface area contributed by atoms with Crippen LogP contribution in [0.5, 0.6) is 0 Å². The first-order valence-electron chi connectivity index (χ1n) is 6.24. The van der Waals surface area contributed by atoms with Crippen molar-refractivity contribution in [2.75, 3.05) is 0 Å². The lowest BCUT2D eigenvalue weighted by atomic mass is 10.1. The van der Waals surface area contributed by atoms with E-state index in [4.69, 9.17) is 21.4 Å². The molecule has 0 unspecified atom stereocenters. The molecule has 1 aliphatic rings. The van der Waals surface area contributed by atoms with E-state index >= 15 is 0 Å². The van der Waals surface area contributed by atoms with Gasteiger partial charge < -0.3 is 9.90 Å². The Balaban J connectivity index is 0.000000322. The van der Waals surface area contributed by atoms with Crippen molar-refractivity contribution in [3.8, 4) is 0 Å². The second-order valence-electron chi connectivity index (χ2n) is 4.73. The fourth-order valence-corrected chi connectivity index (χ4v) is 1.80. The summed E-state index contributed by atoms with van der Waals surface area (Å²) in [6.07, 6.45) is -4.44. The molecule has 1 aliphatic carbocycles. The van der Waals surface area contributed by atoms with Crippen molar-refractivity contribution in [3.63, 3.8) is 0 Å². The van der Waals surface area contributed by atoms with Crippen molar-refractivity contribution in [3.05, 3.63) is 35.6 Å². The van der Waals surface area contributed by atoms with Crippen molar-refractivity contribution >= 4 is 17.8 Å². The number of nitrogens with two attached hydrogens (primary N) is 2. The molecule has 1 aromatic rings. The zero-order chi connectivity index (χ0) is 17.8. The minimum absolute atomic E-state index is 0.0882. The number of halogens is 4. The van der Waals surface area contributed by atoms with E-state index in [2.05, 4.69) is 4.99 Å². The number of hydrogen-bond donors (Lipinski definition) is 3. The van der Waals surface area contributed by atoms with Gasteiger partial charge >= 0.3 is 12.1 Å². The smallest absolute Gasteiger partial charge is 0.430 e. The molecule has 0 radical (unpaired) electrons. The second kappa shape index (κ2) is 7.07. The van der Waals surface area contributed by atoms with E-state index in [0.717, 1.165) is 12.0 Å². The van der Waals surface area contributed by atoms with Gasteiger partial charge in [-0.3, -0.25) is 16.3 Å². The molecule has 0 saturated heterocycles. The number of guanidine groups is 1. The number of carboxylic acid groups (broad SMARTS) is 1. The highest BCUT2D eigenvalue weighted by atomic mass is 19.4. The summed E-state index contributed by atoms with van der Waals surface area (Å²) in [4.78, 5) is 22.7. The third kappa shape index (κ3) is 5.93. The summed E-state index contributed by atoms with van der Waals surface area (Å²) >= 11 is 0. The lowest BCUT2D eigenvalue weighted by Crippen LogP contribution is -2.82. The van der Waals surface area contributed by atoms with Crippen molar-refractivity contribution in [1.82, 2.24) is 0 Å². The van der Waals surface area contributed by atoms with Crippen LogP contribution in [0.4, 0.5) is 17.6 Å². The van der Waals surface area contributed by atoms with E-state index in [9.17, 15) is 22.4 Å². The molecule has 2 atom stereocenters. The number of hydrogen-bond acceptors (Lipinski definition) is 3. The lowest BCUT2D eigenvalue weighted by molar-refractivity contribution is -0.381. The van der Waals surface area contributed by atoms with Gasteiger partial charge in [0.25, 0.3) is 5.91 Å². The fourth-order valence-electron chi connectivity index (χ4n) is 1.80. The molecule has 6 nitrogen and oxygen atoms in total. The van der Waals surface area contributed by atoms with Gasteiger partial charge in [0.2, 0.25) is 0 Å². The van der Waals surface area contributed by atoms with Crippen LogP contribution in [-0.2, 0) is 9.59 Å². The van der Waals surface area contributed by atoms with Crippen LogP contribution in [0, 0.1) is 11.7 Å². The topological polar surface area (TPSA) is 123 Å². The fraction of sp³-hybridized carbons (Fsp3) is 0.308. The number of rotatable bonds is 2. The Bertz CT molecular complexity index is 610. The van der Waals surface area contributed by atoms with Crippen molar-refractivity contribution in [2.45, 2.75) is 18.5 Å². The second-order valence-corrected chi connectivity index (χ2v) is 4.73. The van der Waals surface area contributed by atoms with Crippen LogP contribution < -0.4 is 21.6 Å². The van der Waals surface area contributed by atoms with Gasteiger partial charge in [0.05, 0.1) is 5.92 Å². The molecule has 10 heteroatoms. The van der Waals surface area contributed by atoms with Gasteiger partial charge in [-0.15, -0.1) is 0 Å². The molecule has 1 saturated carbocycles. The molecular formula is C13H13F4N3O3. The maximum atomic E-state index is 12.7. The van der Waals surface area contributed by atoms with Crippen LogP contribution in [0.3, 0.4) is 0 Å². The van der Waals surface area contributed by atoms with Gasteiger partial charge in [-0.25, -0.2) is 9.38 Å². The van der Waals surface area contributed by atoms with E-state index in [0.29, 0.717) is 0 Å². The van der Waals surface area contributed by atoms with E-state index in [-0.39, 0.29) is 29.5 Å². The van der Waals surface area contributed by atoms with Crippen molar-refractivity contribution in [1.29, 1.82) is 0 Å². The maximum Gasteiger partial charge on any atom is 0.430 e. The Morgan fingerprint density at radius 1 is 1.17 bits per heavy atom. The van der Waals surface area contributed by atoms with E-state index in [1.165, 1.54) is 12.1 Å². The van der Waals surface area contributed by atoms with Crippen LogP contribution in [-0.4, -0.2) is 24.0 Å². The molecule has 0 heterocycles. The monoisotopic (exact) mass is 335 g/mol. The average Bonchev–Trinajstić information content (AvgIpc) is 3.18. The summed E-state index contributed by atoms with van der Waals surface area (Å²) in [7, 11) is 0. The third-order valence-corrected chi connectivity index (χ3v) is 2.92. The Kier molecular flexibility index (Phi) is 5.66. The molecule has 126 valence electrons. The molecule has 5 N–H and O–H groups in total. The van der Waals surface area contributed by atoms with E-state index in [1.807, 2.05) is 0 Å². The van der Waals surface area contributed by atoms with Gasteiger partial charge in [-0.1, -0.05) is 12.1 Å². The highest BCUT2D eigenvalue weighted by molar-refractivity contribution is 5.80. The molecule has 1 aromatic carbocycles. The predicted molar refractivity (Wildman–Crippen MR) is 67.7 cm³/mol. The van der Waals surface area contributed by atoms with E-state index in [1.54, 1.807) is 12.1 Å². The zero-order valence-electron chi connectivity index (χ0n) is 11.6. The number of amides is 1. The standard InChI is InChI=1S/C11H12FN3O.C2HF3O2/c12-7-3-1-6(2-4-7)8-5-9(8)10(16)15-11(13)14;3-2(4,5)1(6)7/h1-4,8-9H,5H2,(H4,13,14,15,16);(H,6,7)/t8-,9+;/m1./s1. The Morgan fingerprint density at radius 2 is 1.65 bits per heavy atom. The minimum atomic E-state index is -5.19. The highest BCUT2D eigenvalue weighted by Crippen LogP contribution is 2.46. The molecular weight excluding hydrogens is 322 g/mol. The largest absolute Gasteiger partial charge is 0.542 e. The zero-order valence-corrected chi connectivity index (χ0v) is 11.6. The first-order chi connectivity index (χ1) is 10.5. The number of alkyl halides is 3. The molecule has 1 amide bonds. The summed E-state index contributed by atoms with van der Waals surface area (Å²) in [5.74, 6) is -3.49. The number of nitrogens with one attached hydrogen (secondary N) is 1. The van der Waals surface area contributed by atoms with Gasteiger partial charge in [0, 0.05) is 0 Å². The highest BCUT2D eigenvalue weighted by Gasteiger charge is 2.44. The Hall–Kier alpha value is -2.65. The maximum absolute atomic E-state index is 12.7. The molecule has 0 aliphatic heterocycles. The van der Waals surface area contributed by atoms with E-state index < -0.39 is 12.1 Å². The normalized spacial score (nSPS) is 19.1. The van der Waals surface area contributed by atoms with Crippen LogP contribution >= 0.6 is 0 Å². The van der Waals surface area contributed by atoms with Gasteiger partial charge in [-0.05, 0) is 30.0 Å². The number of carbonyl (C=O) groups excluding carboxylic acids is 2. The lowest BCUT2D eigenvalue weighted by Gasteiger charge is -2.03. The predicted octanol–water partition coefficient (Wildman–Crippen LogP) is -1.89. The Labute approximate surface area is 127 Å². The van der Waals surface area contributed by atoms with Crippen LogP contribution in [0.2, 0.25) is 0 Å². The SMILES string of the molecule is NC(N)=[NH+]C(=O)[C@H]1C[C@@H]1c1ccc(F)cc1.O=C([O-])C(F)(F)F. The molecule has 23 heavy (non-hydrogen) atoms. The Morgan fingerprint density at radius 3 is 2.04 bits per heavy atom. The first-order valence-corrected chi connectivity index (χ1v) is 6.24. The number of carboxylic acids is 1. The number of carbonyl (C=O) groups is 2. The number of aliphatic carboxylic acids is 1.